The van der Waals surface area contributed by atoms with E-state index in [0.717, 1.165) is 44.1 Å². The minimum Gasteiger partial charge on any atom is -0.381 e. The maximum Gasteiger partial charge on any atom is 0.127 e. The van der Waals surface area contributed by atoms with Crippen molar-refractivity contribution in [3.63, 3.8) is 0 Å². The number of aromatic nitrogens is 1. The molecule has 1 saturated heterocycles. The van der Waals surface area contributed by atoms with Gasteiger partial charge in [0.25, 0.3) is 0 Å². The van der Waals surface area contributed by atoms with Crippen molar-refractivity contribution in [1.82, 2.24) is 4.98 Å². The third kappa shape index (κ3) is 3.33. The minimum absolute atomic E-state index is 0.142. The first kappa shape index (κ1) is 12.2. The summed E-state index contributed by atoms with van der Waals surface area (Å²) in [6.07, 6.45) is 3.93. The lowest BCUT2D eigenvalue weighted by atomic mass is 9.92. The molecule has 0 bridgehead atoms. The second-order valence-corrected chi connectivity index (χ2v) is 4.76. The first-order valence-electron chi connectivity index (χ1n) is 6.28. The van der Waals surface area contributed by atoms with Crippen molar-refractivity contribution in [2.75, 3.05) is 30.4 Å². The molecule has 0 saturated carbocycles. The van der Waals surface area contributed by atoms with E-state index in [0.29, 0.717) is 0 Å². The number of hydrogen-bond donors (Lipinski definition) is 2. The number of pyridine rings is 1. The SMILES string of the molecule is CCNc1cc(NC2(C)CCOCC2)ccn1. The molecule has 0 spiro atoms. The number of ether oxygens (including phenoxy) is 1. The van der Waals surface area contributed by atoms with Crippen LogP contribution in [-0.2, 0) is 4.74 Å². The van der Waals surface area contributed by atoms with Gasteiger partial charge in [0.15, 0.2) is 0 Å². The average Bonchev–Trinajstić information content (AvgIpc) is 2.30. The molecular formula is C13H21N3O. The molecule has 0 radical (unpaired) electrons. The van der Waals surface area contributed by atoms with Crippen LogP contribution in [0.3, 0.4) is 0 Å². The van der Waals surface area contributed by atoms with Crippen molar-refractivity contribution < 1.29 is 4.74 Å². The Hall–Kier alpha value is -1.29. The Bertz CT molecular complexity index is 361. The molecule has 0 aromatic carbocycles. The third-order valence-electron chi connectivity index (χ3n) is 3.16. The average molecular weight is 235 g/mol. The summed E-state index contributed by atoms with van der Waals surface area (Å²) in [4.78, 5) is 4.27. The Labute approximate surface area is 103 Å². The Morgan fingerprint density at radius 1 is 1.41 bits per heavy atom. The van der Waals surface area contributed by atoms with Gasteiger partial charge in [-0.05, 0) is 32.8 Å². The van der Waals surface area contributed by atoms with Crippen molar-refractivity contribution in [1.29, 1.82) is 0 Å². The highest BCUT2D eigenvalue weighted by Gasteiger charge is 2.26. The van der Waals surface area contributed by atoms with Gasteiger partial charge in [0.1, 0.15) is 5.82 Å². The van der Waals surface area contributed by atoms with E-state index in [2.05, 4.69) is 35.5 Å². The molecule has 0 amide bonds. The summed E-state index contributed by atoms with van der Waals surface area (Å²) in [6.45, 7) is 6.90. The Kier molecular flexibility index (Phi) is 3.84. The molecule has 1 fully saturated rings. The maximum atomic E-state index is 5.40. The van der Waals surface area contributed by atoms with Crippen molar-refractivity contribution in [2.45, 2.75) is 32.2 Å². The van der Waals surface area contributed by atoms with Crippen LogP contribution in [0, 0.1) is 0 Å². The molecule has 1 aromatic heterocycles. The van der Waals surface area contributed by atoms with Gasteiger partial charge in [-0.25, -0.2) is 4.98 Å². The van der Waals surface area contributed by atoms with Gasteiger partial charge in [-0.15, -0.1) is 0 Å². The van der Waals surface area contributed by atoms with E-state index in [1.807, 2.05) is 12.3 Å². The molecule has 1 aliphatic heterocycles. The Morgan fingerprint density at radius 3 is 2.88 bits per heavy atom. The molecule has 1 aliphatic rings. The van der Waals surface area contributed by atoms with Crippen LogP contribution in [0.4, 0.5) is 11.5 Å². The number of anilines is 2. The van der Waals surface area contributed by atoms with Gasteiger partial charge >= 0.3 is 0 Å². The molecule has 0 unspecified atom stereocenters. The van der Waals surface area contributed by atoms with Crippen molar-refractivity contribution in [3.05, 3.63) is 18.3 Å². The van der Waals surface area contributed by atoms with Crippen LogP contribution >= 0.6 is 0 Å². The maximum absolute atomic E-state index is 5.40. The largest absolute Gasteiger partial charge is 0.381 e. The summed E-state index contributed by atoms with van der Waals surface area (Å²) in [6, 6.07) is 4.08. The van der Waals surface area contributed by atoms with Crippen LogP contribution in [0.2, 0.25) is 0 Å². The molecule has 2 N–H and O–H groups in total. The van der Waals surface area contributed by atoms with Crippen molar-refractivity contribution in [2.24, 2.45) is 0 Å². The summed E-state index contributed by atoms with van der Waals surface area (Å²) in [5, 5.41) is 6.82. The zero-order valence-electron chi connectivity index (χ0n) is 10.6. The summed E-state index contributed by atoms with van der Waals surface area (Å²) in [5.41, 5.74) is 1.27. The van der Waals surface area contributed by atoms with E-state index in [1.165, 1.54) is 0 Å². The zero-order valence-corrected chi connectivity index (χ0v) is 10.6. The van der Waals surface area contributed by atoms with Crippen LogP contribution in [-0.4, -0.2) is 30.3 Å². The number of hydrogen-bond acceptors (Lipinski definition) is 4. The second-order valence-electron chi connectivity index (χ2n) is 4.76. The standard InChI is InChI=1S/C13H21N3O/c1-3-14-12-10-11(4-7-15-12)16-13(2)5-8-17-9-6-13/h4,7,10H,3,5-6,8-9H2,1-2H3,(H2,14,15,16). The van der Waals surface area contributed by atoms with E-state index < -0.39 is 0 Å². The highest BCUT2D eigenvalue weighted by atomic mass is 16.5. The topological polar surface area (TPSA) is 46.2 Å². The molecule has 1 aromatic rings. The van der Waals surface area contributed by atoms with Crippen LogP contribution in [0.25, 0.3) is 0 Å². The van der Waals surface area contributed by atoms with Gasteiger partial charge < -0.3 is 15.4 Å². The quantitative estimate of drug-likeness (QED) is 0.841. The first-order valence-corrected chi connectivity index (χ1v) is 6.28. The highest BCUT2D eigenvalue weighted by Crippen LogP contribution is 2.25. The molecule has 17 heavy (non-hydrogen) atoms. The predicted molar refractivity (Wildman–Crippen MR) is 70.5 cm³/mol. The van der Waals surface area contributed by atoms with Crippen molar-refractivity contribution >= 4 is 11.5 Å². The van der Waals surface area contributed by atoms with Crippen LogP contribution in [0.15, 0.2) is 18.3 Å². The molecule has 4 nitrogen and oxygen atoms in total. The molecular weight excluding hydrogens is 214 g/mol. The summed E-state index contributed by atoms with van der Waals surface area (Å²) in [5.74, 6) is 0.924. The van der Waals surface area contributed by atoms with E-state index >= 15 is 0 Å². The number of nitrogens with zero attached hydrogens (tertiary/aromatic N) is 1. The molecule has 94 valence electrons. The van der Waals surface area contributed by atoms with Crippen LogP contribution in [0.5, 0.6) is 0 Å². The second kappa shape index (κ2) is 5.36. The fourth-order valence-corrected chi connectivity index (χ4v) is 2.08. The minimum atomic E-state index is 0.142. The van der Waals surface area contributed by atoms with Gasteiger partial charge in [-0.3, -0.25) is 0 Å². The number of rotatable bonds is 4. The molecule has 0 aliphatic carbocycles. The highest BCUT2D eigenvalue weighted by molar-refractivity contribution is 5.53. The van der Waals surface area contributed by atoms with Gasteiger partial charge in [0.2, 0.25) is 0 Å². The fraction of sp³-hybridized carbons (Fsp3) is 0.615. The summed E-state index contributed by atoms with van der Waals surface area (Å²) >= 11 is 0. The summed E-state index contributed by atoms with van der Waals surface area (Å²) < 4.78 is 5.40. The third-order valence-corrected chi connectivity index (χ3v) is 3.16. The van der Waals surface area contributed by atoms with Gasteiger partial charge in [0.05, 0.1) is 0 Å². The van der Waals surface area contributed by atoms with Crippen LogP contribution in [0.1, 0.15) is 26.7 Å². The predicted octanol–water partition coefficient (Wildman–Crippen LogP) is 2.49. The van der Waals surface area contributed by atoms with E-state index in [1.54, 1.807) is 0 Å². The zero-order chi connectivity index (χ0) is 12.1. The van der Waals surface area contributed by atoms with Gasteiger partial charge in [0, 0.05) is 43.2 Å². The van der Waals surface area contributed by atoms with Crippen molar-refractivity contribution in [3.8, 4) is 0 Å². The Morgan fingerprint density at radius 2 is 2.18 bits per heavy atom. The fourth-order valence-electron chi connectivity index (χ4n) is 2.08. The lowest BCUT2D eigenvalue weighted by molar-refractivity contribution is 0.0658. The lowest BCUT2D eigenvalue weighted by Crippen LogP contribution is -2.40. The smallest absolute Gasteiger partial charge is 0.127 e. The van der Waals surface area contributed by atoms with E-state index in [-0.39, 0.29) is 5.54 Å². The number of nitrogens with one attached hydrogen (secondary N) is 2. The molecule has 4 heteroatoms. The molecule has 0 atom stereocenters. The normalized spacial score (nSPS) is 18.7. The lowest BCUT2D eigenvalue weighted by Gasteiger charge is -2.35. The Balaban J connectivity index is 2.04. The van der Waals surface area contributed by atoms with Gasteiger partial charge in [-0.1, -0.05) is 0 Å². The molecule has 2 rings (SSSR count). The monoisotopic (exact) mass is 235 g/mol. The van der Waals surface area contributed by atoms with E-state index in [9.17, 15) is 0 Å². The first-order chi connectivity index (χ1) is 8.22. The van der Waals surface area contributed by atoms with Gasteiger partial charge in [-0.2, -0.15) is 0 Å². The van der Waals surface area contributed by atoms with Crippen LogP contribution < -0.4 is 10.6 Å². The molecule has 2 heterocycles. The summed E-state index contributed by atoms with van der Waals surface area (Å²) in [7, 11) is 0. The van der Waals surface area contributed by atoms with E-state index in [4.69, 9.17) is 4.74 Å².